The molecule has 0 saturated heterocycles. The number of anilines is 1. The summed E-state index contributed by atoms with van der Waals surface area (Å²) in [4.78, 5) is 9.77. The number of non-ortho nitro benzene ring substituents is 1. The monoisotopic (exact) mass is 284 g/mol. The lowest BCUT2D eigenvalue weighted by Crippen LogP contribution is -1.92. The number of hydrogen-bond donors (Lipinski definition) is 1. The molecule has 5 nitrogen and oxygen atoms in total. The lowest BCUT2D eigenvalue weighted by molar-refractivity contribution is -0.385. The van der Waals surface area contributed by atoms with E-state index in [-0.39, 0.29) is 23.8 Å². The maximum absolute atomic E-state index is 13.5. The maximum Gasteiger partial charge on any atom is 0.272 e. The lowest BCUT2D eigenvalue weighted by atomic mass is 10.3. The van der Waals surface area contributed by atoms with E-state index in [0.717, 1.165) is 6.07 Å². The largest absolute Gasteiger partial charge is 0.454 e. The molecule has 0 heterocycles. The molecule has 0 aliphatic heterocycles. The molecule has 2 aromatic carbocycles. The summed E-state index contributed by atoms with van der Waals surface area (Å²) in [5.74, 6) is -0.469. The Labute approximate surface area is 114 Å². The Morgan fingerprint density at radius 3 is 2.32 bits per heavy atom. The van der Waals surface area contributed by atoms with Gasteiger partial charge < -0.3 is 10.5 Å². The molecule has 2 rings (SSSR count). The lowest BCUT2D eigenvalue weighted by Gasteiger charge is -2.06. The van der Waals surface area contributed by atoms with Crippen LogP contribution in [0.5, 0.6) is 11.5 Å². The van der Waals surface area contributed by atoms with Gasteiger partial charge in [0, 0.05) is 11.8 Å². The highest BCUT2D eigenvalue weighted by Crippen LogP contribution is 2.27. The maximum atomic E-state index is 13.5. The van der Waals surface area contributed by atoms with Gasteiger partial charge in [-0.2, -0.15) is 0 Å². The van der Waals surface area contributed by atoms with Crippen molar-refractivity contribution in [3.63, 3.8) is 0 Å². The van der Waals surface area contributed by atoms with Gasteiger partial charge in [0.1, 0.15) is 5.75 Å². The number of nitro benzene ring substituents is 1. The summed E-state index contributed by atoms with van der Waals surface area (Å²) in [5.41, 5.74) is 5.74. The number of rotatable bonds is 3. The van der Waals surface area contributed by atoms with Crippen molar-refractivity contribution in [1.82, 2.24) is 0 Å². The number of nitro groups is 1. The summed E-state index contributed by atoms with van der Waals surface area (Å²) in [6.45, 7) is 0. The number of halogens is 2. The molecule has 7 heteroatoms. The van der Waals surface area contributed by atoms with Gasteiger partial charge in [-0.05, 0) is 30.3 Å². The molecule has 0 saturated carbocycles. The zero-order valence-corrected chi connectivity index (χ0v) is 10.4. The molecule has 2 N–H and O–H groups in total. The van der Waals surface area contributed by atoms with E-state index in [9.17, 15) is 14.5 Å². The molecular weight excluding hydrogens is 275 g/mol. The first kappa shape index (κ1) is 14.7. The fourth-order valence-corrected chi connectivity index (χ4v) is 1.35. The van der Waals surface area contributed by atoms with Gasteiger partial charge in [-0.25, -0.2) is 4.39 Å². The van der Waals surface area contributed by atoms with E-state index >= 15 is 0 Å². The highest BCUT2D eigenvalue weighted by atomic mass is 35.5. The third-order valence-corrected chi connectivity index (χ3v) is 2.23. The quantitative estimate of drug-likeness (QED) is 0.531. The summed E-state index contributed by atoms with van der Waals surface area (Å²) < 4.78 is 18.8. The second-order valence-corrected chi connectivity index (χ2v) is 3.54. The van der Waals surface area contributed by atoms with E-state index in [1.807, 2.05) is 0 Å². The van der Waals surface area contributed by atoms with Crippen LogP contribution in [-0.2, 0) is 0 Å². The van der Waals surface area contributed by atoms with Crippen LogP contribution in [0, 0.1) is 15.9 Å². The molecule has 19 heavy (non-hydrogen) atoms. The minimum atomic E-state index is -0.791. The molecule has 0 amide bonds. The number of benzene rings is 2. The van der Waals surface area contributed by atoms with Crippen molar-refractivity contribution in [2.45, 2.75) is 0 Å². The Kier molecular flexibility index (Phi) is 4.66. The molecule has 0 aromatic heterocycles. The van der Waals surface area contributed by atoms with Gasteiger partial charge in [-0.3, -0.25) is 10.1 Å². The Morgan fingerprint density at radius 1 is 1.16 bits per heavy atom. The number of hydrogen-bond acceptors (Lipinski definition) is 4. The van der Waals surface area contributed by atoms with Crippen molar-refractivity contribution in [3.05, 3.63) is 58.4 Å². The fraction of sp³-hybridized carbons (Fsp3) is 0. The number of nitrogen functional groups attached to an aromatic ring is 1. The first-order chi connectivity index (χ1) is 8.56. The fourth-order valence-electron chi connectivity index (χ4n) is 1.35. The highest BCUT2D eigenvalue weighted by Gasteiger charge is 2.12. The van der Waals surface area contributed by atoms with E-state index in [1.54, 1.807) is 24.3 Å². The third kappa shape index (κ3) is 3.56. The smallest absolute Gasteiger partial charge is 0.272 e. The molecule has 0 aliphatic rings. The first-order valence-corrected chi connectivity index (χ1v) is 5.03. The molecular formula is C12H10ClFN2O3. The zero-order chi connectivity index (χ0) is 13.1. The molecule has 0 unspecified atom stereocenters. The van der Waals surface area contributed by atoms with Crippen LogP contribution in [0.15, 0.2) is 42.5 Å². The summed E-state index contributed by atoms with van der Waals surface area (Å²) in [7, 11) is 0. The van der Waals surface area contributed by atoms with E-state index in [1.165, 1.54) is 12.1 Å². The van der Waals surface area contributed by atoms with Crippen molar-refractivity contribution in [1.29, 1.82) is 0 Å². The van der Waals surface area contributed by atoms with Gasteiger partial charge in [0.2, 0.25) is 0 Å². The van der Waals surface area contributed by atoms with Gasteiger partial charge in [0.05, 0.1) is 11.0 Å². The third-order valence-electron chi connectivity index (χ3n) is 2.23. The van der Waals surface area contributed by atoms with Crippen LogP contribution in [0.25, 0.3) is 0 Å². The number of nitrogens with two attached hydrogens (primary N) is 1. The minimum absolute atomic E-state index is 0. The van der Waals surface area contributed by atoms with Gasteiger partial charge in [-0.1, -0.05) is 0 Å². The number of nitrogens with zero attached hydrogens (tertiary/aromatic N) is 1. The van der Waals surface area contributed by atoms with E-state index < -0.39 is 10.7 Å². The topological polar surface area (TPSA) is 78.4 Å². The van der Waals surface area contributed by atoms with Crippen LogP contribution < -0.4 is 10.5 Å². The second-order valence-electron chi connectivity index (χ2n) is 3.54. The van der Waals surface area contributed by atoms with Crippen LogP contribution in [0.3, 0.4) is 0 Å². The molecule has 0 aliphatic carbocycles. The van der Waals surface area contributed by atoms with Gasteiger partial charge in [0.15, 0.2) is 11.6 Å². The van der Waals surface area contributed by atoms with Crippen molar-refractivity contribution in [2.24, 2.45) is 0 Å². The van der Waals surface area contributed by atoms with E-state index in [2.05, 4.69) is 0 Å². The Morgan fingerprint density at radius 2 is 1.79 bits per heavy atom. The second kappa shape index (κ2) is 6.01. The van der Waals surface area contributed by atoms with Crippen molar-refractivity contribution < 1.29 is 14.1 Å². The van der Waals surface area contributed by atoms with Crippen molar-refractivity contribution in [3.8, 4) is 11.5 Å². The standard InChI is InChI=1S/C12H9FN2O3.ClH/c13-11-7-9(15(16)17)3-6-12(11)18-10-4-1-8(14)2-5-10;/h1-7H,14H2;1H. The Balaban J connectivity index is 0.00000180. The van der Waals surface area contributed by atoms with Gasteiger partial charge >= 0.3 is 0 Å². The first-order valence-electron chi connectivity index (χ1n) is 5.03. The van der Waals surface area contributed by atoms with Crippen molar-refractivity contribution in [2.75, 3.05) is 5.73 Å². The summed E-state index contributed by atoms with van der Waals surface area (Å²) in [6.07, 6.45) is 0. The van der Waals surface area contributed by atoms with Crippen LogP contribution in [-0.4, -0.2) is 4.92 Å². The van der Waals surface area contributed by atoms with Crippen LogP contribution in [0.2, 0.25) is 0 Å². The summed E-state index contributed by atoms with van der Waals surface area (Å²) >= 11 is 0. The van der Waals surface area contributed by atoms with Crippen LogP contribution in [0.4, 0.5) is 15.8 Å². The average Bonchev–Trinajstić information content (AvgIpc) is 2.34. The predicted molar refractivity (Wildman–Crippen MR) is 71.2 cm³/mol. The summed E-state index contributed by atoms with van der Waals surface area (Å²) in [6, 6.07) is 9.58. The van der Waals surface area contributed by atoms with Gasteiger partial charge in [-0.15, -0.1) is 12.4 Å². The molecule has 0 bridgehead atoms. The Bertz CT molecular complexity index is 590. The SMILES string of the molecule is Cl.Nc1ccc(Oc2ccc([N+](=O)[O-])cc2F)cc1. The molecule has 0 spiro atoms. The molecule has 0 atom stereocenters. The molecule has 0 radical (unpaired) electrons. The zero-order valence-electron chi connectivity index (χ0n) is 9.58. The normalized spacial score (nSPS) is 9.53. The average molecular weight is 285 g/mol. The van der Waals surface area contributed by atoms with Crippen LogP contribution in [0.1, 0.15) is 0 Å². The molecule has 0 fully saturated rings. The van der Waals surface area contributed by atoms with E-state index in [0.29, 0.717) is 11.4 Å². The Hall–Kier alpha value is -2.34. The minimum Gasteiger partial charge on any atom is -0.454 e. The van der Waals surface area contributed by atoms with Gasteiger partial charge in [0.25, 0.3) is 5.69 Å². The molecule has 2 aromatic rings. The molecule has 100 valence electrons. The number of ether oxygens (including phenoxy) is 1. The summed E-state index contributed by atoms with van der Waals surface area (Å²) in [5, 5.41) is 10.4. The highest BCUT2D eigenvalue weighted by molar-refractivity contribution is 5.85. The van der Waals surface area contributed by atoms with Crippen LogP contribution >= 0.6 is 12.4 Å². The van der Waals surface area contributed by atoms with E-state index in [4.69, 9.17) is 10.5 Å². The van der Waals surface area contributed by atoms with Crippen molar-refractivity contribution >= 4 is 23.8 Å². The predicted octanol–water partition coefficient (Wildman–Crippen LogP) is 3.53.